The lowest BCUT2D eigenvalue weighted by atomic mass is 10.1. The molecule has 1 N–H and O–H groups in total. The molecular formula is C21H15FN4O3S2. The molecule has 2 aromatic carbocycles. The van der Waals surface area contributed by atoms with Crippen molar-refractivity contribution >= 4 is 50.6 Å². The normalized spacial score (nSPS) is 10.9. The van der Waals surface area contributed by atoms with E-state index < -0.39 is 4.92 Å². The minimum Gasteiger partial charge on any atom is -0.320 e. The summed E-state index contributed by atoms with van der Waals surface area (Å²) in [5, 5.41) is 17.2. The van der Waals surface area contributed by atoms with Crippen LogP contribution in [0.25, 0.3) is 21.3 Å². The lowest BCUT2D eigenvalue weighted by Crippen LogP contribution is -2.15. The molecule has 0 atom stereocenters. The lowest BCUT2D eigenvalue weighted by Gasteiger charge is -2.08. The van der Waals surface area contributed by atoms with Crippen molar-refractivity contribution in [2.24, 2.45) is 0 Å². The summed E-state index contributed by atoms with van der Waals surface area (Å²) in [5.74, 6) is -0.700. The standard InChI is InChI=1S/C21H15FN4O3S2/c1-12-2-7-16(17(8-12)26(28)29)25-18(27)10-31-21-19-15(9-30-20(19)23-11-24-21)13-3-5-14(22)6-4-13/h2-9,11H,10H2,1H3,(H,25,27). The highest BCUT2D eigenvalue weighted by Crippen LogP contribution is 2.38. The number of nitro groups is 1. The average molecular weight is 455 g/mol. The molecule has 0 saturated heterocycles. The van der Waals surface area contributed by atoms with Crippen LogP contribution in [-0.4, -0.2) is 26.6 Å². The molecule has 4 rings (SSSR count). The summed E-state index contributed by atoms with van der Waals surface area (Å²) in [7, 11) is 0. The van der Waals surface area contributed by atoms with Crippen LogP contribution < -0.4 is 5.32 Å². The molecule has 0 bridgehead atoms. The zero-order valence-electron chi connectivity index (χ0n) is 16.2. The number of anilines is 1. The topological polar surface area (TPSA) is 98.0 Å². The Labute approximate surface area is 184 Å². The summed E-state index contributed by atoms with van der Waals surface area (Å²) < 4.78 is 13.3. The van der Waals surface area contributed by atoms with E-state index in [1.54, 1.807) is 25.1 Å². The van der Waals surface area contributed by atoms with Crippen LogP contribution in [0.15, 0.2) is 59.2 Å². The summed E-state index contributed by atoms with van der Waals surface area (Å²) in [5.41, 5.74) is 2.41. The number of amides is 1. The third-order valence-electron chi connectivity index (χ3n) is 4.45. The number of nitrogens with zero attached hydrogens (tertiary/aromatic N) is 3. The quantitative estimate of drug-likeness (QED) is 0.180. The van der Waals surface area contributed by atoms with Gasteiger partial charge in [0.15, 0.2) is 0 Å². The van der Waals surface area contributed by atoms with E-state index in [4.69, 9.17) is 0 Å². The van der Waals surface area contributed by atoms with E-state index >= 15 is 0 Å². The van der Waals surface area contributed by atoms with Gasteiger partial charge in [-0.15, -0.1) is 11.3 Å². The summed E-state index contributed by atoms with van der Waals surface area (Å²) in [4.78, 5) is 32.6. The van der Waals surface area contributed by atoms with E-state index in [0.717, 1.165) is 26.9 Å². The molecule has 31 heavy (non-hydrogen) atoms. The number of fused-ring (bicyclic) bond motifs is 1. The van der Waals surface area contributed by atoms with Crippen molar-refractivity contribution in [1.82, 2.24) is 9.97 Å². The second kappa shape index (κ2) is 8.78. The van der Waals surface area contributed by atoms with E-state index in [2.05, 4.69) is 15.3 Å². The Hall–Kier alpha value is -3.37. The van der Waals surface area contributed by atoms with Crippen molar-refractivity contribution in [3.8, 4) is 11.1 Å². The summed E-state index contributed by atoms with van der Waals surface area (Å²) in [6.07, 6.45) is 1.43. The first-order chi connectivity index (χ1) is 14.9. The predicted octanol–water partition coefficient (Wildman–Crippen LogP) is 5.44. The molecule has 4 aromatic rings. The Kier molecular flexibility index (Phi) is 5.92. The van der Waals surface area contributed by atoms with Gasteiger partial charge >= 0.3 is 0 Å². The van der Waals surface area contributed by atoms with Crippen LogP contribution in [0, 0.1) is 22.9 Å². The molecule has 0 fully saturated rings. The number of rotatable bonds is 6. The van der Waals surface area contributed by atoms with E-state index in [9.17, 15) is 19.3 Å². The van der Waals surface area contributed by atoms with E-state index in [1.807, 2.05) is 5.38 Å². The van der Waals surface area contributed by atoms with Crippen LogP contribution in [0.1, 0.15) is 5.56 Å². The smallest absolute Gasteiger partial charge is 0.293 e. The molecule has 0 aliphatic rings. The Morgan fingerprint density at radius 1 is 1.23 bits per heavy atom. The fraction of sp³-hybridized carbons (Fsp3) is 0.0952. The first-order valence-corrected chi connectivity index (χ1v) is 10.9. The van der Waals surface area contributed by atoms with Crippen LogP contribution >= 0.6 is 23.1 Å². The van der Waals surface area contributed by atoms with Gasteiger partial charge in [-0.1, -0.05) is 30.0 Å². The number of halogens is 1. The zero-order chi connectivity index (χ0) is 22.0. The van der Waals surface area contributed by atoms with Gasteiger partial charge in [0.25, 0.3) is 5.69 Å². The Balaban J connectivity index is 1.56. The highest BCUT2D eigenvalue weighted by atomic mass is 32.2. The number of hydrogen-bond acceptors (Lipinski definition) is 7. The minimum atomic E-state index is -0.524. The number of nitrogens with one attached hydrogen (secondary N) is 1. The molecule has 0 aliphatic heterocycles. The molecule has 0 unspecified atom stereocenters. The van der Waals surface area contributed by atoms with Crippen LogP contribution in [0.4, 0.5) is 15.8 Å². The monoisotopic (exact) mass is 454 g/mol. The van der Waals surface area contributed by atoms with E-state index in [1.165, 1.54) is 53.7 Å². The minimum absolute atomic E-state index is 0.00977. The van der Waals surface area contributed by atoms with Gasteiger partial charge in [-0.25, -0.2) is 14.4 Å². The van der Waals surface area contributed by atoms with Gasteiger partial charge in [0.1, 0.15) is 27.7 Å². The maximum Gasteiger partial charge on any atom is 0.293 e. The van der Waals surface area contributed by atoms with Gasteiger partial charge in [-0.05, 0) is 36.2 Å². The summed E-state index contributed by atoms with van der Waals surface area (Å²) in [6, 6.07) is 10.8. The van der Waals surface area contributed by atoms with Crippen molar-refractivity contribution in [2.75, 3.05) is 11.1 Å². The third-order valence-corrected chi connectivity index (χ3v) is 6.33. The van der Waals surface area contributed by atoms with E-state index in [-0.39, 0.29) is 28.9 Å². The van der Waals surface area contributed by atoms with Crippen LogP contribution in [0.2, 0.25) is 0 Å². The second-order valence-electron chi connectivity index (χ2n) is 6.63. The number of aryl methyl sites for hydroxylation is 1. The molecular weight excluding hydrogens is 439 g/mol. The molecule has 0 spiro atoms. The molecule has 1 amide bonds. The first kappa shape index (κ1) is 20.9. The molecule has 0 aliphatic carbocycles. The first-order valence-electron chi connectivity index (χ1n) is 9.08. The Morgan fingerprint density at radius 2 is 2.00 bits per heavy atom. The largest absolute Gasteiger partial charge is 0.320 e. The molecule has 0 radical (unpaired) electrons. The fourth-order valence-electron chi connectivity index (χ4n) is 3.02. The number of thiophene rings is 1. The highest BCUT2D eigenvalue weighted by Gasteiger charge is 2.18. The van der Waals surface area contributed by atoms with Gasteiger partial charge in [-0.2, -0.15) is 0 Å². The van der Waals surface area contributed by atoms with Crippen molar-refractivity contribution in [2.45, 2.75) is 11.9 Å². The van der Waals surface area contributed by atoms with Gasteiger partial charge < -0.3 is 5.32 Å². The van der Waals surface area contributed by atoms with Crippen molar-refractivity contribution in [3.63, 3.8) is 0 Å². The highest BCUT2D eigenvalue weighted by molar-refractivity contribution is 8.00. The van der Waals surface area contributed by atoms with Gasteiger partial charge in [-0.3, -0.25) is 14.9 Å². The van der Waals surface area contributed by atoms with Crippen molar-refractivity contribution < 1.29 is 14.1 Å². The maximum absolute atomic E-state index is 13.3. The Bertz CT molecular complexity index is 1290. The number of carbonyl (C=O) groups is 1. The number of aromatic nitrogens is 2. The molecule has 0 saturated carbocycles. The van der Waals surface area contributed by atoms with E-state index in [0.29, 0.717) is 5.03 Å². The van der Waals surface area contributed by atoms with Gasteiger partial charge in [0.05, 0.1) is 16.1 Å². The van der Waals surface area contributed by atoms with Gasteiger partial charge in [0.2, 0.25) is 5.91 Å². The lowest BCUT2D eigenvalue weighted by molar-refractivity contribution is -0.384. The number of thioether (sulfide) groups is 1. The predicted molar refractivity (Wildman–Crippen MR) is 120 cm³/mol. The average Bonchev–Trinajstić information content (AvgIpc) is 3.19. The van der Waals surface area contributed by atoms with Crippen molar-refractivity contribution in [1.29, 1.82) is 0 Å². The number of hydrogen-bond donors (Lipinski definition) is 1. The zero-order valence-corrected chi connectivity index (χ0v) is 17.8. The van der Waals surface area contributed by atoms with Gasteiger partial charge in [0, 0.05) is 17.0 Å². The van der Waals surface area contributed by atoms with Crippen molar-refractivity contribution in [3.05, 3.63) is 75.7 Å². The van der Waals surface area contributed by atoms with Crippen LogP contribution in [-0.2, 0) is 4.79 Å². The van der Waals surface area contributed by atoms with Crippen LogP contribution in [0.3, 0.4) is 0 Å². The second-order valence-corrected chi connectivity index (χ2v) is 8.45. The number of carbonyl (C=O) groups excluding carboxylic acids is 1. The maximum atomic E-state index is 13.3. The molecule has 156 valence electrons. The van der Waals surface area contributed by atoms with Crippen LogP contribution in [0.5, 0.6) is 0 Å². The SMILES string of the molecule is Cc1ccc(NC(=O)CSc2ncnc3scc(-c4ccc(F)cc4)c23)c([N+](=O)[O-])c1. The molecule has 10 heteroatoms. The fourth-order valence-corrected chi connectivity index (χ4v) is 4.81. The molecule has 7 nitrogen and oxygen atoms in total. The third kappa shape index (κ3) is 4.54. The molecule has 2 heterocycles. The number of benzene rings is 2. The Morgan fingerprint density at radius 3 is 2.74 bits per heavy atom. The molecule has 2 aromatic heterocycles. The summed E-state index contributed by atoms with van der Waals surface area (Å²) >= 11 is 2.65. The summed E-state index contributed by atoms with van der Waals surface area (Å²) in [6.45, 7) is 1.74. The number of nitro benzene ring substituents is 1.